The number of carbonyl (C=O) groups is 1. The normalized spacial score (nSPS) is 12.6. The zero-order chi connectivity index (χ0) is 15.3. The number of benzene rings is 1. The lowest BCUT2D eigenvalue weighted by atomic mass is 9.84. The Labute approximate surface area is 125 Å². The summed E-state index contributed by atoms with van der Waals surface area (Å²) in [6.07, 6.45) is 1.43. The quantitative estimate of drug-likeness (QED) is 0.881. The molecule has 1 atom stereocenters. The number of carbonyl (C=O) groups excluding carboxylic acids is 1. The minimum absolute atomic E-state index is 0.0706. The maximum Gasteiger partial charge on any atom is 0.224 e. The van der Waals surface area contributed by atoms with E-state index in [4.69, 9.17) is 16.9 Å². The monoisotopic (exact) mass is 292 g/mol. The first kappa shape index (κ1) is 16.5. The summed E-state index contributed by atoms with van der Waals surface area (Å²) in [4.78, 5) is 12.0. The zero-order valence-corrected chi connectivity index (χ0v) is 13.2. The Hall–Kier alpha value is -1.53. The van der Waals surface area contributed by atoms with Gasteiger partial charge in [0.1, 0.15) is 0 Å². The first-order valence-electron chi connectivity index (χ1n) is 6.71. The number of nitrogens with zero attached hydrogens (tertiary/aromatic N) is 1. The lowest BCUT2D eigenvalue weighted by Crippen LogP contribution is -2.19. The molecule has 1 amide bonds. The molecule has 0 bridgehead atoms. The van der Waals surface area contributed by atoms with Crippen LogP contribution in [0.5, 0.6) is 0 Å². The number of amides is 1. The van der Waals surface area contributed by atoms with Gasteiger partial charge in [0.05, 0.1) is 22.3 Å². The third-order valence-corrected chi connectivity index (χ3v) is 3.19. The SMILES string of the molecule is CC(CC(=O)Nc1cc(C#N)ccc1Cl)CC(C)(C)C. The number of hydrogen-bond donors (Lipinski definition) is 1. The molecule has 0 aliphatic carbocycles. The van der Waals surface area contributed by atoms with Gasteiger partial charge < -0.3 is 5.32 Å². The molecule has 4 heteroatoms. The molecule has 3 nitrogen and oxygen atoms in total. The highest BCUT2D eigenvalue weighted by molar-refractivity contribution is 6.33. The van der Waals surface area contributed by atoms with Gasteiger partial charge in [0, 0.05) is 6.42 Å². The average molecular weight is 293 g/mol. The van der Waals surface area contributed by atoms with Crippen LogP contribution in [0.2, 0.25) is 5.02 Å². The maximum absolute atomic E-state index is 12.0. The maximum atomic E-state index is 12.0. The van der Waals surface area contributed by atoms with Crippen LogP contribution >= 0.6 is 11.6 Å². The fourth-order valence-electron chi connectivity index (χ4n) is 2.33. The van der Waals surface area contributed by atoms with Gasteiger partial charge in [0.15, 0.2) is 0 Å². The second-order valence-electron chi connectivity index (χ2n) is 6.43. The summed E-state index contributed by atoms with van der Waals surface area (Å²) in [5.74, 6) is 0.228. The molecule has 0 heterocycles. The van der Waals surface area contributed by atoms with Crippen molar-refractivity contribution in [3.63, 3.8) is 0 Å². The van der Waals surface area contributed by atoms with Gasteiger partial charge in [0.2, 0.25) is 5.91 Å². The van der Waals surface area contributed by atoms with E-state index in [-0.39, 0.29) is 11.3 Å². The highest BCUT2D eigenvalue weighted by atomic mass is 35.5. The van der Waals surface area contributed by atoms with Crippen molar-refractivity contribution in [1.29, 1.82) is 5.26 Å². The molecule has 0 radical (unpaired) electrons. The fraction of sp³-hybridized carbons (Fsp3) is 0.500. The van der Waals surface area contributed by atoms with Crippen LogP contribution < -0.4 is 5.32 Å². The number of halogens is 1. The molecular weight excluding hydrogens is 272 g/mol. The number of anilines is 1. The summed E-state index contributed by atoms with van der Waals surface area (Å²) >= 11 is 6.02. The Balaban J connectivity index is 2.65. The first-order chi connectivity index (χ1) is 9.21. The molecule has 1 N–H and O–H groups in total. The van der Waals surface area contributed by atoms with E-state index in [0.717, 1.165) is 6.42 Å². The Morgan fingerprint density at radius 1 is 1.45 bits per heavy atom. The minimum atomic E-state index is -0.0706. The summed E-state index contributed by atoms with van der Waals surface area (Å²) in [5, 5.41) is 12.1. The van der Waals surface area contributed by atoms with Crippen molar-refractivity contribution in [2.45, 2.75) is 40.5 Å². The Morgan fingerprint density at radius 2 is 2.10 bits per heavy atom. The van der Waals surface area contributed by atoms with E-state index in [2.05, 4.69) is 33.0 Å². The molecule has 108 valence electrons. The van der Waals surface area contributed by atoms with Gasteiger partial charge in [-0.2, -0.15) is 5.26 Å². The van der Waals surface area contributed by atoms with Crippen LogP contribution in [-0.4, -0.2) is 5.91 Å². The molecule has 0 aliphatic rings. The van der Waals surface area contributed by atoms with E-state index < -0.39 is 0 Å². The largest absolute Gasteiger partial charge is 0.325 e. The van der Waals surface area contributed by atoms with Crippen molar-refractivity contribution in [2.75, 3.05) is 5.32 Å². The van der Waals surface area contributed by atoms with Crippen molar-refractivity contribution in [1.82, 2.24) is 0 Å². The summed E-state index contributed by atoms with van der Waals surface area (Å²) in [5.41, 5.74) is 1.18. The average Bonchev–Trinajstić information content (AvgIpc) is 2.29. The Kier molecular flexibility index (Phi) is 5.59. The van der Waals surface area contributed by atoms with E-state index in [1.165, 1.54) is 0 Å². The second-order valence-corrected chi connectivity index (χ2v) is 6.84. The summed E-state index contributed by atoms with van der Waals surface area (Å²) < 4.78 is 0. The molecule has 20 heavy (non-hydrogen) atoms. The number of rotatable bonds is 4. The molecule has 1 unspecified atom stereocenters. The highest BCUT2D eigenvalue weighted by Gasteiger charge is 2.18. The number of hydrogen-bond acceptors (Lipinski definition) is 2. The van der Waals surface area contributed by atoms with Gasteiger partial charge in [-0.05, 0) is 36.0 Å². The summed E-state index contributed by atoms with van der Waals surface area (Å²) in [7, 11) is 0. The molecule has 0 aromatic heterocycles. The molecule has 0 saturated heterocycles. The van der Waals surface area contributed by atoms with Crippen molar-refractivity contribution in [2.24, 2.45) is 11.3 Å². The smallest absolute Gasteiger partial charge is 0.224 e. The Morgan fingerprint density at radius 3 is 2.65 bits per heavy atom. The van der Waals surface area contributed by atoms with Crippen LogP contribution in [0, 0.1) is 22.7 Å². The fourth-order valence-corrected chi connectivity index (χ4v) is 2.49. The molecule has 1 aromatic rings. The topological polar surface area (TPSA) is 52.9 Å². The Bertz CT molecular complexity index is 526. The van der Waals surface area contributed by atoms with E-state index in [0.29, 0.717) is 28.6 Å². The standard InChI is InChI=1S/C16H21ClN2O/c1-11(9-16(2,3)4)7-15(20)19-14-8-12(10-18)5-6-13(14)17/h5-6,8,11H,7,9H2,1-4H3,(H,19,20). The first-order valence-corrected chi connectivity index (χ1v) is 7.08. The van der Waals surface area contributed by atoms with Crippen LogP contribution in [0.4, 0.5) is 5.69 Å². The van der Waals surface area contributed by atoms with Crippen molar-refractivity contribution >= 4 is 23.2 Å². The molecule has 0 saturated carbocycles. The van der Waals surface area contributed by atoms with Gasteiger partial charge in [-0.3, -0.25) is 4.79 Å². The number of nitrogens with one attached hydrogen (secondary N) is 1. The van der Waals surface area contributed by atoms with E-state index >= 15 is 0 Å². The van der Waals surface area contributed by atoms with Gasteiger partial charge >= 0.3 is 0 Å². The van der Waals surface area contributed by atoms with Crippen molar-refractivity contribution < 1.29 is 4.79 Å². The van der Waals surface area contributed by atoms with Crippen LogP contribution in [0.15, 0.2) is 18.2 Å². The van der Waals surface area contributed by atoms with Crippen LogP contribution in [0.3, 0.4) is 0 Å². The predicted molar refractivity (Wildman–Crippen MR) is 82.6 cm³/mol. The van der Waals surface area contributed by atoms with E-state index in [1.807, 2.05) is 6.07 Å². The van der Waals surface area contributed by atoms with E-state index in [9.17, 15) is 4.79 Å². The molecule has 1 aromatic carbocycles. The minimum Gasteiger partial charge on any atom is -0.325 e. The second kappa shape index (κ2) is 6.76. The third kappa shape index (κ3) is 5.63. The molecule has 1 rings (SSSR count). The molecular formula is C16H21ClN2O. The summed E-state index contributed by atoms with van der Waals surface area (Å²) in [6.45, 7) is 8.55. The number of nitriles is 1. The zero-order valence-electron chi connectivity index (χ0n) is 12.5. The van der Waals surface area contributed by atoms with Crippen LogP contribution in [-0.2, 0) is 4.79 Å². The summed E-state index contributed by atoms with van der Waals surface area (Å²) in [6, 6.07) is 6.87. The van der Waals surface area contributed by atoms with Gasteiger partial charge in [-0.1, -0.05) is 39.3 Å². The highest BCUT2D eigenvalue weighted by Crippen LogP contribution is 2.27. The van der Waals surface area contributed by atoms with Crippen molar-refractivity contribution in [3.05, 3.63) is 28.8 Å². The lowest BCUT2D eigenvalue weighted by molar-refractivity contribution is -0.117. The van der Waals surface area contributed by atoms with Gasteiger partial charge in [-0.25, -0.2) is 0 Å². The van der Waals surface area contributed by atoms with Crippen LogP contribution in [0.25, 0.3) is 0 Å². The molecule has 0 spiro atoms. The van der Waals surface area contributed by atoms with Crippen molar-refractivity contribution in [3.8, 4) is 6.07 Å². The molecule has 0 fully saturated rings. The van der Waals surface area contributed by atoms with Gasteiger partial charge in [0.25, 0.3) is 0 Å². The van der Waals surface area contributed by atoms with Crippen LogP contribution in [0.1, 0.15) is 46.1 Å². The molecule has 0 aliphatic heterocycles. The van der Waals surface area contributed by atoms with Gasteiger partial charge in [-0.15, -0.1) is 0 Å². The van der Waals surface area contributed by atoms with E-state index in [1.54, 1.807) is 18.2 Å². The predicted octanol–water partition coefficient (Wildman–Crippen LogP) is 4.61. The lowest BCUT2D eigenvalue weighted by Gasteiger charge is -2.22. The third-order valence-electron chi connectivity index (χ3n) is 2.86.